The third-order valence-electron chi connectivity index (χ3n) is 2.93. The number of likely N-dealkylation sites (tertiary alicyclic amines) is 1. The van der Waals surface area contributed by atoms with Gasteiger partial charge in [0.25, 0.3) is 0 Å². The summed E-state index contributed by atoms with van der Waals surface area (Å²) in [6, 6.07) is 0. The lowest BCUT2D eigenvalue weighted by molar-refractivity contribution is 0.0595. The van der Waals surface area contributed by atoms with E-state index in [1.807, 2.05) is 0 Å². The van der Waals surface area contributed by atoms with E-state index in [0.717, 1.165) is 24.8 Å². The predicted molar refractivity (Wildman–Crippen MR) is 67.5 cm³/mol. The standard InChI is InChI=1S/C11H17N3O2S/c1-14-4-3-8(6-14)5-12-11-13-9(7-17-11)10(15)16-2/h7-8H,3-6H2,1-2H3,(H,12,13). The van der Waals surface area contributed by atoms with Crippen molar-refractivity contribution in [2.75, 3.05) is 39.1 Å². The summed E-state index contributed by atoms with van der Waals surface area (Å²) < 4.78 is 4.61. The van der Waals surface area contributed by atoms with Crippen LogP contribution in [0.4, 0.5) is 5.13 Å². The Morgan fingerprint density at radius 3 is 3.24 bits per heavy atom. The first-order chi connectivity index (χ1) is 8.19. The van der Waals surface area contributed by atoms with Crippen molar-refractivity contribution in [2.24, 2.45) is 5.92 Å². The molecular weight excluding hydrogens is 238 g/mol. The third-order valence-corrected chi connectivity index (χ3v) is 3.73. The topological polar surface area (TPSA) is 54.5 Å². The van der Waals surface area contributed by atoms with E-state index in [4.69, 9.17) is 0 Å². The summed E-state index contributed by atoms with van der Waals surface area (Å²) in [6.07, 6.45) is 1.22. The molecule has 1 fully saturated rings. The number of carbonyl (C=O) groups excluding carboxylic acids is 1. The zero-order chi connectivity index (χ0) is 12.3. The molecule has 0 bridgehead atoms. The minimum atomic E-state index is -0.380. The van der Waals surface area contributed by atoms with Crippen LogP contribution in [0.25, 0.3) is 0 Å². The van der Waals surface area contributed by atoms with Crippen LogP contribution >= 0.6 is 11.3 Å². The third kappa shape index (κ3) is 3.17. The molecule has 94 valence electrons. The number of methoxy groups -OCH3 is 1. The van der Waals surface area contributed by atoms with Crippen LogP contribution in [0.3, 0.4) is 0 Å². The number of nitrogens with one attached hydrogen (secondary N) is 1. The molecule has 2 heterocycles. The van der Waals surface area contributed by atoms with Gasteiger partial charge in [0, 0.05) is 18.5 Å². The predicted octanol–water partition coefficient (Wildman–Crippen LogP) is 1.29. The molecule has 5 nitrogen and oxygen atoms in total. The summed E-state index contributed by atoms with van der Waals surface area (Å²) in [6.45, 7) is 3.21. The number of carbonyl (C=O) groups is 1. The smallest absolute Gasteiger partial charge is 0.357 e. The number of ether oxygens (including phenoxy) is 1. The Bertz CT molecular complexity index is 394. The Hall–Kier alpha value is -1.14. The highest BCUT2D eigenvalue weighted by molar-refractivity contribution is 7.13. The Morgan fingerprint density at radius 1 is 1.76 bits per heavy atom. The molecule has 0 radical (unpaired) electrons. The number of thiazole rings is 1. The normalized spacial score (nSPS) is 20.5. The number of anilines is 1. The summed E-state index contributed by atoms with van der Waals surface area (Å²) in [5, 5.41) is 5.79. The first-order valence-electron chi connectivity index (χ1n) is 5.65. The Morgan fingerprint density at radius 2 is 2.59 bits per heavy atom. The molecule has 1 N–H and O–H groups in total. The Balaban J connectivity index is 1.83. The van der Waals surface area contributed by atoms with E-state index in [9.17, 15) is 4.79 Å². The minimum Gasteiger partial charge on any atom is -0.464 e. The van der Waals surface area contributed by atoms with Gasteiger partial charge in [-0.3, -0.25) is 0 Å². The molecule has 6 heteroatoms. The zero-order valence-corrected chi connectivity index (χ0v) is 10.9. The summed E-state index contributed by atoms with van der Waals surface area (Å²) >= 11 is 1.44. The maximum atomic E-state index is 11.2. The number of aromatic nitrogens is 1. The zero-order valence-electron chi connectivity index (χ0n) is 10.1. The highest BCUT2D eigenvalue weighted by Crippen LogP contribution is 2.19. The van der Waals surface area contributed by atoms with Crippen molar-refractivity contribution >= 4 is 22.4 Å². The molecule has 2 rings (SSSR count). The molecule has 0 aromatic carbocycles. The fraction of sp³-hybridized carbons (Fsp3) is 0.636. The summed E-state index contributed by atoms with van der Waals surface area (Å²) in [4.78, 5) is 17.7. The molecule has 1 aromatic heterocycles. The van der Waals surface area contributed by atoms with Crippen LogP contribution in [0.5, 0.6) is 0 Å². The van der Waals surface area contributed by atoms with Crippen LogP contribution in [0, 0.1) is 5.92 Å². The van der Waals surface area contributed by atoms with Gasteiger partial charge in [0.05, 0.1) is 7.11 Å². The summed E-state index contributed by atoms with van der Waals surface area (Å²) in [5.41, 5.74) is 0.378. The monoisotopic (exact) mass is 255 g/mol. The van der Waals surface area contributed by atoms with E-state index in [0.29, 0.717) is 11.6 Å². The minimum absolute atomic E-state index is 0.378. The maximum absolute atomic E-state index is 11.2. The molecular formula is C11H17N3O2S. The number of esters is 1. The number of hydrogen-bond acceptors (Lipinski definition) is 6. The van der Waals surface area contributed by atoms with Crippen LogP contribution in [0.2, 0.25) is 0 Å². The fourth-order valence-corrected chi connectivity index (χ4v) is 2.67. The molecule has 17 heavy (non-hydrogen) atoms. The van der Waals surface area contributed by atoms with E-state index >= 15 is 0 Å². The van der Waals surface area contributed by atoms with Crippen LogP contribution in [0.1, 0.15) is 16.9 Å². The van der Waals surface area contributed by atoms with E-state index in [-0.39, 0.29) is 5.97 Å². The molecule has 0 aliphatic carbocycles. The van der Waals surface area contributed by atoms with Crippen molar-refractivity contribution in [1.82, 2.24) is 9.88 Å². The number of rotatable bonds is 4. The van der Waals surface area contributed by atoms with Crippen LogP contribution < -0.4 is 5.32 Å². The SMILES string of the molecule is COC(=O)c1csc(NCC2CCN(C)C2)n1. The van der Waals surface area contributed by atoms with Gasteiger partial charge in [-0.1, -0.05) is 0 Å². The van der Waals surface area contributed by atoms with Crippen molar-refractivity contribution < 1.29 is 9.53 Å². The average Bonchev–Trinajstić information content (AvgIpc) is 2.94. The number of hydrogen-bond donors (Lipinski definition) is 1. The number of nitrogens with zero attached hydrogens (tertiary/aromatic N) is 2. The summed E-state index contributed by atoms with van der Waals surface area (Å²) in [5.74, 6) is 0.292. The van der Waals surface area contributed by atoms with Gasteiger partial charge in [-0.05, 0) is 25.9 Å². The van der Waals surface area contributed by atoms with Gasteiger partial charge < -0.3 is 15.0 Å². The van der Waals surface area contributed by atoms with Gasteiger partial charge in [0.2, 0.25) is 0 Å². The van der Waals surface area contributed by atoms with E-state index < -0.39 is 0 Å². The quantitative estimate of drug-likeness (QED) is 0.822. The van der Waals surface area contributed by atoms with Gasteiger partial charge >= 0.3 is 5.97 Å². The van der Waals surface area contributed by atoms with Gasteiger partial charge in [0.1, 0.15) is 0 Å². The van der Waals surface area contributed by atoms with Crippen molar-refractivity contribution in [2.45, 2.75) is 6.42 Å². The second kappa shape index (κ2) is 5.46. The van der Waals surface area contributed by atoms with Gasteiger partial charge in [-0.2, -0.15) is 0 Å². The Labute approximate surface area is 105 Å². The molecule has 1 saturated heterocycles. The lowest BCUT2D eigenvalue weighted by atomic mass is 10.1. The summed E-state index contributed by atoms with van der Waals surface area (Å²) in [7, 11) is 3.50. The fourth-order valence-electron chi connectivity index (χ4n) is 1.98. The average molecular weight is 255 g/mol. The van der Waals surface area contributed by atoms with Gasteiger partial charge in [0.15, 0.2) is 10.8 Å². The molecule has 1 aromatic rings. The first kappa shape index (κ1) is 12.3. The molecule has 1 aliphatic rings. The molecule has 0 amide bonds. The molecule has 1 unspecified atom stereocenters. The van der Waals surface area contributed by atoms with Crippen molar-refractivity contribution in [3.05, 3.63) is 11.1 Å². The molecule has 1 atom stereocenters. The second-order valence-electron chi connectivity index (χ2n) is 4.33. The van der Waals surface area contributed by atoms with Crippen molar-refractivity contribution in [3.63, 3.8) is 0 Å². The van der Waals surface area contributed by atoms with Crippen molar-refractivity contribution in [1.29, 1.82) is 0 Å². The first-order valence-corrected chi connectivity index (χ1v) is 6.53. The Kier molecular flexibility index (Phi) is 3.96. The molecule has 1 aliphatic heterocycles. The maximum Gasteiger partial charge on any atom is 0.357 e. The van der Waals surface area contributed by atoms with Crippen LogP contribution in [-0.4, -0.2) is 49.6 Å². The lowest BCUT2D eigenvalue weighted by Crippen LogP contribution is -2.19. The van der Waals surface area contributed by atoms with Gasteiger partial charge in [-0.25, -0.2) is 9.78 Å². The van der Waals surface area contributed by atoms with Gasteiger partial charge in [-0.15, -0.1) is 11.3 Å². The van der Waals surface area contributed by atoms with Crippen LogP contribution in [0.15, 0.2) is 5.38 Å². The molecule has 0 spiro atoms. The largest absolute Gasteiger partial charge is 0.464 e. The van der Waals surface area contributed by atoms with E-state index in [2.05, 4.69) is 27.0 Å². The highest BCUT2D eigenvalue weighted by atomic mass is 32.1. The highest BCUT2D eigenvalue weighted by Gasteiger charge is 2.19. The lowest BCUT2D eigenvalue weighted by Gasteiger charge is -2.10. The second-order valence-corrected chi connectivity index (χ2v) is 5.19. The van der Waals surface area contributed by atoms with E-state index in [1.165, 1.54) is 24.9 Å². The molecule has 0 saturated carbocycles. The van der Waals surface area contributed by atoms with Crippen LogP contribution in [-0.2, 0) is 4.74 Å². The van der Waals surface area contributed by atoms with Crippen molar-refractivity contribution in [3.8, 4) is 0 Å². The van der Waals surface area contributed by atoms with E-state index in [1.54, 1.807) is 5.38 Å².